The summed E-state index contributed by atoms with van der Waals surface area (Å²) in [7, 11) is 0. The number of halogens is 1. The van der Waals surface area contributed by atoms with E-state index in [1.165, 1.54) is 4.88 Å². The lowest BCUT2D eigenvalue weighted by Crippen LogP contribution is -2.29. The lowest BCUT2D eigenvalue weighted by atomic mass is 10.1. The number of hydrogen-bond donors (Lipinski definition) is 2. The molecule has 0 fully saturated rings. The van der Waals surface area contributed by atoms with Crippen LogP contribution < -0.4 is 11.3 Å². The van der Waals surface area contributed by atoms with Crippen LogP contribution in [0.4, 0.5) is 0 Å². The molecule has 2 rings (SSSR count). The molecular formula is C9H10BrN3S2. The van der Waals surface area contributed by atoms with Gasteiger partial charge in [-0.3, -0.25) is 11.3 Å². The van der Waals surface area contributed by atoms with Crippen molar-refractivity contribution in [3.8, 4) is 0 Å². The fourth-order valence-corrected chi connectivity index (χ4v) is 3.44. The summed E-state index contributed by atoms with van der Waals surface area (Å²) in [6.07, 6.45) is 0.872. The van der Waals surface area contributed by atoms with E-state index in [-0.39, 0.29) is 6.04 Å². The zero-order valence-corrected chi connectivity index (χ0v) is 11.0. The summed E-state index contributed by atoms with van der Waals surface area (Å²) in [5, 5.41) is 2.02. The van der Waals surface area contributed by atoms with Gasteiger partial charge < -0.3 is 0 Å². The summed E-state index contributed by atoms with van der Waals surface area (Å²) < 4.78 is 1.14. The van der Waals surface area contributed by atoms with Gasteiger partial charge in [0.2, 0.25) is 0 Å². The number of hydrogen-bond acceptors (Lipinski definition) is 5. The molecule has 0 spiro atoms. The molecule has 0 saturated carbocycles. The normalized spacial score (nSPS) is 12.9. The smallest absolute Gasteiger partial charge is 0.0795 e. The van der Waals surface area contributed by atoms with E-state index in [4.69, 9.17) is 5.84 Å². The summed E-state index contributed by atoms with van der Waals surface area (Å²) in [6, 6.07) is 4.25. The van der Waals surface area contributed by atoms with E-state index in [0.717, 1.165) is 15.9 Å². The minimum atomic E-state index is 0.0989. The molecule has 1 atom stereocenters. The Morgan fingerprint density at radius 2 is 2.40 bits per heavy atom. The largest absolute Gasteiger partial charge is 0.271 e. The number of nitrogens with two attached hydrogens (primary N) is 1. The van der Waals surface area contributed by atoms with Gasteiger partial charge in [0.15, 0.2) is 0 Å². The molecule has 0 radical (unpaired) electrons. The van der Waals surface area contributed by atoms with Gasteiger partial charge in [0.25, 0.3) is 0 Å². The number of aromatic nitrogens is 1. The number of thiazole rings is 1. The Balaban J connectivity index is 2.09. The van der Waals surface area contributed by atoms with Gasteiger partial charge in [-0.1, -0.05) is 0 Å². The maximum atomic E-state index is 5.53. The highest BCUT2D eigenvalue weighted by Gasteiger charge is 2.13. The number of rotatable bonds is 4. The summed E-state index contributed by atoms with van der Waals surface area (Å²) in [4.78, 5) is 5.55. The molecule has 6 heteroatoms. The molecule has 0 aliphatic heterocycles. The van der Waals surface area contributed by atoms with Gasteiger partial charge in [-0.15, -0.1) is 22.7 Å². The van der Waals surface area contributed by atoms with Crippen molar-refractivity contribution in [2.24, 2.45) is 5.84 Å². The Bertz CT molecular complexity index is 413. The number of nitrogens with one attached hydrogen (secondary N) is 1. The van der Waals surface area contributed by atoms with Crippen molar-refractivity contribution in [1.82, 2.24) is 10.4 Å². The monoisotopic (exact) mass is 303 g/mol. The van der Waals surface area contributed by atoms with Gasteiger partial charge in [0, 0.05) is 16.7 Å². The summed E-state index contributed by atoms with van der Waals surface area (Å²) in [5.74, 6) is 5.53. The third-order valence-corrected chi connectivity index (χ3v) is 4.29. The van der Waals surface area contributed by atoms with Crippen molar-refractivity contribution in [3.05, 3.63) is 37.4 Å². The molecule has 2 aromatic rings. The van der Waals surface area contributed by atoms with Crippen LogP contribution in [0.2, 0.25) is 0 Å². The van der Waals surface area contributed by atoms with E-state index in [1.807, 2.05) is 10.9 Å². The van der Waals surface area contributed by atoms with Crippen molar-refractivity contribution in [2.45, 2.75) is 12.5 Å². The lowest BCUT2D eigenvalue weighted by molar-refractivity contribution is 0.544. The van der Waals surface area contributed by atoms with Gasteiger partial charge in [0.05, 0.1) is 21.0 Å². The first-order chi connectivity index (χ1) is 7.29. The van der Waals surface area contributed by atoms with E-state index >= 15 is 0 Å². The minimum absolute atomic E-state index is 0.0989. The van der Waals surface area contributed by atoms with Crippen molar-refractivity contribution in [3.63, 3.8) is 0 Å². The average molecular weight is 304 g/mol. The maximum Gasteiger partial charge on any atom is 0.0795 e. The second-order valence-corrected chi connectivity index (χ2v) is 6.31. The highest BCUT2D eigenvalue weighted by molar-refractivity contribution is 9.11. The molecule has 0 aromatic carbocycles. The molecule has 2 aromatic heterocycles. The van der Waals surface area contributed by atoms with E-state index in [0.29, 0.717) is 0 Å². The Morgan fingerprint density at radius 3 is 2.93 bits per heavy atom. The molecule has 0 bridgehead atoms. The lowest BCUT2D eigenvalue weighted by Gasteiger charge is -2.11. The van der Waals surface area contributed by atoms with Crippen LogP contribution in [0, 0.1) is 0 Å². The zero-order chi connectivity index (χ0) is 10.7. The van der Waals surface area contributed by atoms with Crippen LogP contribution in [0.15, 0.2) is 26.8 Å². The predicted octanol–water partition coefficient (Wildman–Crippen LogP) is 2.71. The second kappa shape index (κ2) is 5.18. The van der Waals surface area contributed by atoms with Crippen molar-refractivity contribution < 1.29 is 0 Å². The fraction of sp³-hybridized carbons (Fsp3) is 0.222. The number of nitrogens with zero attached hydrogens (tertiary/aromatic N) is 1. The molecule has 3 nitrogen and oxygen atoms in total. The predicted molar refractivity (Wildman–Crippen MR) is 67.9 cm³/mol. The quantitative estimate of drug-likeness (QED) is 0.674. The highest BCUT2D eigenvalue weighted by Crippen LogP contribution is 2.26. The standard InChI is InChI=1S/C9H10BrN3S2/c10-9-2-1-6(15-9)3-7(13-11)8-4-14-5-12-8/h1-2,4-5,7,13H,3,11H2. The topological polar surface area (TPSA) is 50.9 Å². The zero-order valence-electron chi connectivity index (χ0n) is 7.81. The molecule has 0 saturated heterocycles. The fourth-order valence-electron chi connectivity index (χ4n) is 1.31. The summed E-state index contributed by atoms with van der Waals surface area (Å²) in [5.41, 5.74) is 5.63. The van der Waals surface area contributed by atoms with Crippen molar-refractivity contribution >= 4 is 38.6 Å². The Labute approximate surface area is 104 Å². The SMILES string of the molecule is NNC(Cc1ccc(Br)s1)c1cscn1. The highest BCUT2D eigenvalue weighted by atomic mass is 79.9. The van der Waals surface area contributed by atoms with Gasteiger partial charge in [-0.05, 0) is 28.1 Å². The summed E-state index contributed by atoms with van der Waals surface area (Å²) >= 11 is 6.76. The molecule has 3 N–H and O–H groups in total. The van der Waals surface area contributed by atoms with Gasteiger partial charge in [-0.2, -0.15) is 0 Å². The second-order valence-electron chi connectivity index (χ2n) is 3.04. The average Bonchev–Trinajstić information content (AvgIpc) is 2.85. The van der Waals surface area contributed by atoms with Crippen LogP contribution >= 0.6 is 38.6 Å². The Kier molecular flexibility index (Phi) is 3.87. The van der Waals surface area contributed by atoms with Gasteiger partial charge >= 0.3 is 0 Å². The molecule has 80 valence electrons. The van der Waals surface area contributed by atoms with Crippen LogP contribution in [0.5, 0.6) is 0 Å². The molecule has 1 unspecified atom stereocenters. The third-order valence-electron chi connectivity index (χ3n) is 2.04. The molecule has 0 aliphatic rings. The summed E-state index contributed by atoms with van der Waals surface area (Å²) in [6.45, 7) is 0. The Hall–Kier alpha value is -0.270. The minimum Gasteiger partial charge on any atom is -0.271 e. The first-order valence-electron chi connectivity index (χ1n) is 4.38. The van der Waals surface area contributed by atoms with E-state index in [9.17, 15) is 0 Å². The molecule has 0 aliphatic carbocycles. The van der Waals surface area contributed by atoms with E-state index in [1.54, 1.807) is 22.7 Å². The van der Waals surface area contributed by atoms with Gasteiger partial charge in [0.1, 0.15) is 0 Å². The van der Waals surface area contributed by atoms with Crippen molar-refractivity contribution in [2.75, 3.05) is 0 Å². The molecule has 0 amide bonds. The first kappa shape index (κ1) is 11.2. The third kappa shape index (κ3) is 2.85. The molecular weight excluding hydrogens is 294 g/mol. The molecule has 2 heterocycles. The molecule has 15 heavy (non-hydrogen) atoms. The van der Waals surface area contributed by atoms with Crippen LogP contribution in [0.1, 0.15) is 16.6 Å². The van der Waals surface area contributed by atoms with E-state index < -0.39 is 0 Å². The van der Waals surface area contributed by atoms with Crippen molar-refractivity contribution in [1.29, 1.82) is 0 Å². The maximum absolute atomic E-state index is 5.53. The Morgan fingerprint density at radius 1 is 1.53 bits per heavy atom. The van der Waals surface area contributed by atoms with Crippen LogP contribution in [0.3, 0.4) is 0 Å². The van der Waals surface area contributed by atoms with E-state index in [2.05, 4.69) is 38.5 Å². The van der Waals surface area contributed by atoms with Crippen LogP contribution in [0.25, 0.3) is 0 Å². The van der Waals surface area contributed by atoms with Gasteiger partial charge in [-0.25, -0.2) is 4.98 Å². The number of hydrazine groups is 1. The number of thiophene rings is 1. The van der Waals surface area contributed by atoms with Crippen LogP contribution in [-0.2, 0) is 6.42 Å². The first-order valence-corrected chi connectivity index (χ1v) is 6.93. The van der Waals surface area contributed by atoms with Crippen LogP contribution in [-0.4, -0.2) is 4.98 Å².